The van der Waals surface area contributed by atoms with Crippen LogP contribution in [0, 0.1) is 0 Å². The molecule has 0 aliphatic heterocycles. The Balaban J connectivity index is 2.02. The Hall–Kier alpha value is -1.59. The van der Waals surface area contributed by atoms with Crippen molar-refractivity contribution < 1.29 is 4.74 Å². The fourth-order valence-corrected chi connectivity index (χ4v) is 1.98. The number of nitrogens with two attached hydrogens (primary N) is 1. The van der Waals surface area contributed by atoms with Crippen LogP contribution >= 0.6 is 11.6 Å². The van der Waals surface area contributed by atoms with Gasteiger partial charge >= 0.3 is 0 Å². The average molecular weight is 281 g/mol. The molecule has 0 saturated carbocycles. The fraction of sp³-hybridized carbons (Fsp3) is 0.385. The first kappa shape index (κ1) is 13.8. The van der Waals surface area contributed by atoms with Gasteiger partial charge in [-0.05, 0) is 24.1 Å². The second-order valence-corrected chi connectivity index (χ2v) is 4.55. The van der Waals surface area contributed by atoms with E-state index in [1.165, 1.54) is 0 Å². The molecule has 1 aromatic heterocycles. The van der Waals surface area contributed by atoms with Crippen molar-refractivity contribution in [1.29, 1.82) is 0 Å². The molecule has 6 heteroatoms. The summed E-state index contributed by atoms with van der Waals surface area (Å²) in [5.41, 5.74) is 6.46. The van der Waals surface area contributed by atoms with Gasteiger partial charge < -0.3 is 10.5 Å². The Morgan fingerprint density at radius 3 is 2.95 bits per heavy atom. The zero-order valence-electron chi connectivity index (χ0n) is 10.8. The van der Waals surface area contributed by atoms with Crippen molar-refractivity contribution in [3.63, 3.8) is 0 Å². The number of ether oxygens (including phenoxy) is 1. The molecule has 0 amide bonds. The van der Waals surface area contributed by atoms with E-state index in [0.29, 0.717) is 23.9 Å². The quantitative estimate of drug-likeness (QED) is 0.882. The van der Waals surface area contributed by atoms with Crippen molar-refractivity contribution in [2.75, 3.05) is 0 Å². The molecule has 2 aromatic rings. The summed E-state index contributed by atoms with van der Waals surface area (Å²) >= 11 is 6.08. The standard InChI is InChI=1S/C13H17ClN4O/c1-2-5-18-13(16-9-17-18)8-19-11-4-3-10(7-15)12(14)6-11/h3-4,6,9H,2,5,7-8,15H2,1H3. The summed E-state index contributed by atoms with van der Waals surface area (Å²) in [5, 5.41) is 4.77. The van der Waals surface area contributed by atoms with E-state index in [1.54, 1.807) is 12.4 Å². The summed E-state index contributed by atoms with van der Waals surface area (Å²) in [7, 11) is 0. The summed E-state index contributed by atoms with van der Waals surface area (Å²) in [6.45, 7) is 3.73. The fourth-order valence-electron chi connectivity index (χ4n) is 1.73. The molecule has 5 nitrogen and oxygen atoms in total. The summed E-state index contributed by atoms with van der Waals surface area (Å²) < 4.78 is 7.51. The van der Waals surface area contributed by atoms with Gasteiger partial charge in [-0.2, -0.15) is 5.10 Å². The third kappa shape index (κ3) is 3.45. The molecule has 102 valence electrons. The highest BCUT2D eigenvalue weighted by Crippen LogP contribution is 2.22. The van der Waals surface area contributed by atoms with Crippen LogP contribution in [0.25, 0.3) is 0 Å². The average Bonchev–Trinajstić information content (AvgIpc) is 2.84. The number of aryl methyl sites for hydroxylation is 1. The normalized spacial score (nSPS) is 10.7. The SMILES string of the molecule is CCCn1ncnc1COc1ccc(CN)c(Cl)c1. The molecule has 2 rings (SSSR count). The van der Waals surface area contributed by atoms with Gasteiger partial charge in [0, 0.05) is 18.1 Å². The molecule has 0 fully saturated rings. The van der Waals surface area contributed by atoms with Crippen LogP contribution in [-0.2, 0) is 19.7 Å². The van der Waals surface area contributed by atoms with Gasteiger partial charge in [0.25, 0.3) is 0 Å². The monoisotopic (exact) mass is 280 g/mol. The molecule has 2 N–H and O–H groups in total. The number of benzene rings is 1. The highest BCUT2D eigenvalue weighted by Gasteiger charge is 2.06. The van der Waals surface area contributed by atoms with Gasteiger partial charge in [-0.15, -0.1) is 0 Å². The zero-order valence-corrected chi connectivity index (χ0v) is 11.6. The molecule has 0 spiro atoms. The predicted molar refractivity (Wildman–Crippen MR) is 74.0 cm³/mol. The molecule has 0 unspecified atom stereocenters. The van der Waals surface area contributed by atoms with E-state index < -0.39 is 0 Å². The molecule has 0 bridgehead atoms. The maximum Gasteiger partial charge on any atom is 0.164 e. The molecule has 19 heavy (non-hydrogen) atoms. The van der Waals surface area contributed by atoms with Crippen molar-refractivity contribution in [2.24, 2.45) is 5.73 Å². The van der Waals surface area contributed by atoms with Gasteiger partial charge in [-0.1, -0.05) is 24.6 Å². The first-order chi connectivity index (χ1) is 9.24. The lowest BCUT2D eigenvalue weighted by molar-refractivity contribution is 0.286. The van der Waals surface area contributed by atoms with Gasteiger partial charge in [0.05, 0.1) is 0 Å². The van der Waals surface area contributed by atoms with E-state index in [2.05, 4.69) is 17.0 Å². The van der Waals surface area contributed by atoms with E-state index in [9.17, 15) is 0 Å². The lowest BCUT2D eigenvalue weighted by Crippen LogP contribution is -2.08. The van der Waals surface area contributed by atoms with Crippen LogP contribution in [0.1, 0.15) is 24.7 Å². The first-order valence-corrected chi connectivity index (χ1v) is 6.60. The summed E-state index contributed by atoms with van der Waals surface area (Å²) in [6.07, 6.45) is 2.55. The third-order valence-electron chi connectivity index (χ3n) is 2.74. The van der Waals surface area contributed by atoms with Crippen LogP contribution in [-0.4, -0.2) is 14.8 Å². The van der Waals surface area contributed by atoms with Crippen molar-refractivity contribution in [3.8, 4) is 5.75 Å². The van der Waals surface area contributed by atoms with E-state index in [-0.39, 0.29) is 0 Å². The molecule has 0 radical (unpaired) electrons. The van der Waals surface area contributed by atoms with Gasteiger partial charge in [0.2, 0.25) is 0 Å². The van der Waals surface area contributed by atoms with E-state index in [4.69, 9.17) is 22.1 Å². The number of nitrogens with zero attached hydrogens (tertiary/aromatic N) is 3. The maximum absolute atomic E-state index is 6.08. The van der Waals surface area contributed by atoms with Gasteiger partial charge in [0.1, 0.15) is 18.7 Å². The van der Waals surface area contributed by atoms with Crippen molar-refractivity contribution >= 4 is 11.6 Å². The Labute approximate surface area is 117 Å². The van der Waals surface area contributed by atoms with E-state index in [1.807, 2.05) is 16.8 Å². The van der Waals surface area contributed by atoms with Gasteiger partial charge in [0.15, 0.2) is 5.82 Å². The molecule has 0 aliphatic rings. The van der Waals surface area contributed by atoms with Crippen LogP contribution in [0.3, 0.4) is 0 Å². The Morgan fingerprint density at radius 2 is 2.26 bits per heavy atom. The Morgan fingerprint density at radius 1 is 1.42 bits per heavy atom. The predicted octanol–water partition coefficient (Wildman–Crippen LogP) is 2.38. The zero-order chi connectivity index (χ0) is 13.7. The highest BCUT2D eigenvalue weighted by atomic mass is 35.5. The summed E-state index contributed by atoms with van der Waals surface area (Å²) in [5.74, 6) is 1.51. The van der Waals surface area contributed by atoms with Crippen LogP contribution < -0.4 is 10.5 Å². The van der Waals surface area contributed by atoms with Gasteiger partial charge in [-0.3, -0.25) is 0 Å². The van der Waals surface area contributed by atoms with Crippen LogP contribution in [0.15, 0.2) is 24.5 Å². The molecule has 1 heterocycles. The number of hydrogen-bond donors (Lipinski definition) is 1. The minimum atomic E-state index is 0.373. The largest absolute Gasteiger partial charge is 0.486 e. The lowest BCUT2D eigenvalue weighted by atomic mass is 10.2. The maximum atomic E-state index is 6.08. The van der Waals surface area contributed by atoms with Crippen molar-refractivity contribution in [1.82, 2.24) is 14.8 Å². The first-order valence-electron chi connectivity index (χ1n) is 6.22. The van der Waals surface area contributed by atoms with Gasteiger partial charge in [-0.25, -0.2) is 9.67 Å². The Kier molecular flexibility index (Phi) is 4.76. The van der Waals surface area contributed by atoms with Crippen LogP contribution in [0.4, 0.5) is 0 Å². The van der Waals surface area contributed by atoms with Crippen molar-refractivity contribution in [2.45, 2.75) is 33.0 Å². The van der Waals surface area contributed by atoms with E-state index in [0.717, 1.165) is 24.4 Å². The number of hydrogen-bond acceptors (Lipinski definition) is 4. The summed E-state index contributed by atoms with van der Waals surface area (Å²) in [6, 6.07) is 5.49. The minimum Gasteiger partial charge on any atom is -0.486 e. The van der Waals surface area contributed by atoms with E-state index >= 15 is 0 Å². The number of rotatable bonds is 6. The van der Waals surface area contributed by atoms with Crippen LogP contribution in [0.5, 0.6) is 5.75 Å². The molecule has 0 aliphatic carbocycles. The second-order valence-electron chi connectivity index (χ2n) is 4.15. The minimum absolute atomic E-state index is 0.373. The smallest absolute Gasteiger partial charge is 0.164 e. The lowest BCUT2D eigenvalue weighted by Gasteiger charge is -2.09. The molecular weight excluding hydrogens is 264 g/mol. The third-order valence-corrected chi connectivity index (χ3v) is 3.10. The molecular formula is C13H17ClN4O. The number of halogens is 1. The second kappa shape index (κ2) is 6.54. The molecule has 0 saturated heterocycles. The van der Waals surface area contributed by atoms with Crippen LogP contribution in [0.2, 0.25) is 5.02 Å². The van der Waals surface area contributed by atoms with Crippen molar-refractivity contribution in [3.05, 3.63) is 40.9 Å². The summed E-state index contributed by atoms with van der Waals surface area (Å²) in [4.78, 5) is 4.18. The number of aromatic nitrogens is 3. The molecule has 0 atom stereocenters. The highest BCUT2D eigenvalue weighted by molar-refractivity contribution is 6.31. The molecule has 1 aromatic carbocycles. The Bertz CT molecular complexity index is 541. The topological polar surface area (TPSA) is 66.0 Å².